The minimum atomic E-state index is -1.16. The smallest absolute Gasteiger partial charge is 0.337 e. The highest BCUT2D eigenvalue weighted by atomic mass is 16.5. The summed E-state index contributed by atoms with van der Waals surface area (Å²) in [4.78, 5) is 19.9. The molecule has 5 rings (SSSR count). The van der Waals surface area contributed by atoms with Crippen molar-refractivity contribution in [3.05, 3.63) is 71.9 Å². The van der Waals surface area contributed by atoms with Crippen LogP contribution in [0.2, 0.25) is 0 Å². The number of carboxylic acid groups (broad SMARTS) is 1. The number of anilines is 1. The van der Waals surface area contributed by atoms with Gasteiger partial charge in [0.15, 0.2) is 11.8 Å². The zero-order valence-electron chi connectivity index (χ0n) is 24.1. The van der Waals surface area contributed by atoms with Gasteiger partial charge in [0, 0.05) is 30.4 Å². The Balaban J connectivity index is 1.69. The first-order valence-electron chi connectivity index (χ1n) is 14.4. The van der Waals surface area contributed by atoms with E-state index < -0.39 is 17.7 Å². The molecule has 4 aromatic rings. The Morgan fingerprint density at radius 2 is 1.50 bits per heavy atom. The van der Waals surface area contributed by atoms with Crippen LogP contribution in [0.4, 0.5) is 5.82 Å². The number of carboxylic acids is 1. The van der Waals surface area contributed by atoms with Crippen LogP contribution in [0.25, 0.3) is 28.0 Å². The van der Waals surface area contributed by atoms with Crippen LogP contribution < -0.4 is 4.90 Å². The molecule has 0 saturated carbocycles. The molecule has 2 aromatic carbocycles. The number of nitrogens with zero attached hydrogens (tertiary/aromatic N) is 4. The number of aromatic nitrogens is 3. The Bertz CT molecular complexity index is 1460. The highest BCUT2D eigenvalue weighted by Gasteiger charge is 2.34. The summed E-state index contributed by atoms with van der Waals surface area (Å²) in [5.41, 5.74) is 5.35. The van der Waals surface area contributed by atoms with E-state index in [9.17, 15) is 9.90 Å². The number of hydrogen-bond donors (Lipinski definition) is 1. The third-order valence-corrected chi connectivity index (χ3v) is 7.43. The maximum absolute atomic E-state index is 12.7. The van der Waals surface area contributed by atoms with E-state index in [-0.39, 0.29) is 0 Å². The number of ether oxygens (including phenoxy) is 1. The lowest BCUT2D eigenvalue weighted by Gasteiger charge is -2.32. The number of aliphatic carboxylic acids is 1. The van der Waals surface area contributed by atoms with Crippen LogP contribution in [0.5, 0.6) is 0 Å². The summed E-state index contributed by atoms with van der Waals surface area (Å²) in [7, 11) is 0. The molecule has 0 aliphatic carbocycles. The summed E-state index contributed by atoms with van der Waals surface area (Å²) < 4.78 is 8.03. The number of rotatable bonds is 6. The van der Waals surface area contributed by atoms with E-state index in [0.717, 1.165) is 67.0 Å². The summed E-state index contributed by atoms with van der Waals surface area (Å²) in [6, 6.07) is 20.7. The molecule has 1 fully saturated rings. The molecular formula is C33H40N4O3. The van der Waals surface area contributed by atoms with Gasteiger partial charge >= 0.3 is 5.97 Å². The van der Waals surface area contributed by atoms with Gasteiger partial charge in [-0.1, -0.05) is 74.2 Å². The molecule has 0 spiro atoms. The zero-order valence-corrected chi connectivity index (χ0v) is 24.1. The SMILES string of the molecule is Cc1nc2cc(-c3cccc(-c4ccccc4)c3)nn2c(N2CCCCCCCC2)c1C(OC(C)(C)C)C(=O)O. The number of carbonyl (C=O) groups is 1. The molecule has 2 aromatic heterocycles. The largest absolute Gasteiger partial charge is 0.479 e. The second-order valence-electron chi connectivity index (χ2n) is 11.7. The number of hydrogen-bond acceptors (Lipinski definition) is 5. The molecule has 0 radical (unpaired) electrons. The van der Waals surface area contributed by atoms with Gasteiger partial charge in [-0.05, 0) is 57.7 Å². The van der Waals surface area contributed by atoms with Crippen molar-refractivity contribution < 1.29 is 14.6 Å². The molecule has 7 heteroatoms. The Labute approximate surface area is 236 Å². The van der Waals surface area contributed by atoms with Crippen molar-refractivity contribution in [3.63, 3.8) is 0 Å². The van der Waals surface area contributed by atoms with Crippen LogP contribution >= 0.6 is 0 Å². The fraction of sp³-hybridized carbons (Fsp3) is 0.424. The average Bonchev–Trinajstić information content (AvgIpc) is 3.40. The maximum Gasteiger partial charge on any atom is 0.337 e. The molecule has 7 nitrogen and oxygen atoms in total. The van der Waals surface area contributed by atoms with Gasteiger partial charge in [-0.2, -0.15) is 9.61 Å². The molecule has 1 aliphatic heterocycles. The van der Waals surface area contributed by atoms with Crippen molar-refractivity contribution in [2.45, 2.75) is 77.9 Å². The van der Waals surface area contributed by atoms with Crippen LogP contribution in [0.3, 0.4) is 0 Å². The molecule has 0 amide bonds. The summed E-state index contributed by atoms with van der Waals surface area (Å²) in [5, 5.41) is 15.5. The molecular weight excluding hydrogens is 500 g/mol. The molecule has 1 saturated heterocycles. The van der Waals surface area contributed by atoms with Crippen LogP contribution in [0, 0.1) is 6.92 Å². The van der Waals surface area contributed by atoms with E-state index in [1.165, 1.54) is 12.8 Å². The normalized spacial score (nSPS) is 15.8. The summed E-state index contributed by atoms with van der Waals surface area (Å²) in [5.74, 6) is -0.237. The number of benzene rings is 2. The highest BCUT2D eigenvalue weighted by molar-refractivity contribution is 5.79. The van der Waals surface area contributed by atoms with Crippen LogP contribution in [-0.4, -0.2) is 44.4 Å². The van der Waals surface area contributed by atoms with E-state index in [1.807, 2.05) is 62.5 Å². The quantitative estimate of drug-likeness (QED) is 0.273. The van der Waals surface area contributed by atoms with E-state index >= 15 is 0 Å². The lowest BCUT2D eigenvalue weighted by atomic mass is 10.0. The fourth-order valence-electron chi connectivity index (χ4n) is 5.58. The Morgan fingerprint density at radius 1 is 0.875 bits per heavy atom. The maximum atomic E-state index is 12.7. The van der Waals surface area contributed by atoms with Crippen LogP contribution in [0.15, 0.2) is 60.7 Å². The zero-order chi connectivity index (χ0) is 28.3. The predicted octanol–water partition coefficient (Wildman–Crippen LogP) is 7.47. The first kappa shape index (κ1) is 27.8. The monoisotopic (exact) mass is 540 g/mol. The summed E-state index contributed by atoms with van der Waals surface area (Å²) in [6.07, 6.45) is 5.74. The first-order valence-corrected chi connectivity index (χ1v) is 14.4. The average molecular weight is 541 g/mol. The van der Waals surface area contributed by atoms with Crippen molar-refractivity contribution in [3.8, 4) is 22.4 Å². The predicted molar refractivity (Wildman–Crippen MR) is 160 cm³/mol. The Hall–Kier alpha value is -3.71. The minimum Gasteiger partial charge on any atom is -0.479 e. The van der Waals surface area contributed by atoms with Crippen LogP contribution in [0.1, 0.15) is 76.7 Å². The van der Waals surface area contributed by atoms with Gasteiger partial charge in [-0.3, -0.25) is 0 Å². The molecule has 210 valence electrons. The van der Waals surface area contributed by atoms with Gasteiger partial charge in [-0.25, -0.2) is 9.78 Å². The second-order valence-corrected chi connectivity index (χ2v) is 11.7. The van der Waals surface area contributed by atoms with Gasteiger partial charge in [0.05, 0.1) is 16.9 Å². The third-order valence-electron chi connectivity index (χ3n) is 7.43. The lowest BCUT2D eigenvalue weighted by Crippen LogP contribution is -2.34. The van der Waals surface area contributed by atoms with Crippen molar-refractivity contribution in [2.24, 2.45) is 0 Å². The van der Waals surface area contributed by atoms with Gasteiger partial charge in [-0.15, -0.1) is 0 Å². The van der Waals surface area contributed by atoms with Crippen molar-refractivity contribution in [1.82, 2.24) is 14.6 Å². The lowest BCUT2D eigenvalue weighted by molar-refractivity contribution is -0.160. The molecule has 1 aliphatic rings. The fourth-order valence-corrected chi connectivity index (χ4v) is 5.58. The molecule has 1 unspecified atom stereocenters. The number of aryl methyl sites for hydroxylation is 1. The Kier molecular flexibility index (Phi) is 8.22. The van der Waals surface area contributed by atoms with Crippen molar-refractivity contribution in [1.29, 1.82) is 0 Å². The topological polar surface area (TPSA) is 80.0 Å². The van der Waals surface area contributed by atoms with Gasteiger partial charge in [0.25, 0.3) is 0 Å². The highest BCUT2D eigenvalue weighted by Crippen LogP contribution is 2.36. The van der Waals surface area contributed by atoms with E-state index in [2.05, 4.69) is 35.2 Å². The van der Waals surface area contributed by atoms with Crippen molar-refractivity contribution in [2.75, 3.05) is 18.0 Å². The third kappa shape index (κ3) is 6.20. The van der Waals surface area contributed by atoms with E-state index in [1.54, 1.807) is 0 Å². The molecule has 1 N–H and O–H groups in total. The van der Waals surface area contributed by atoms with E-state index in [4.69, 9.17) is 14.8 Å². The van der Waals surface area contributed by atoms with Crippen molar-refractivity contribution >= 4 is 17.4 Å². The van der Waals surface area contributed by atoms with Gasteiger partial charge in [0.1, 0.15) is 5.82 Å². The second kappa shape index (κ2) is 11.8. The van der Waals surface area contributed by atoms with Crippen LogP contribution in [-0.2, 0) is 9.53 Å². The molecule has 3 heterocycles. The number of fused-ring (bicyclic) bond motifs is 1. The van der Waals surface area contributed by atoms with Gasteiger partial charge in [0.2, 0.25) is 0 Å². The summed E-state index contributed by atoms with van der Waals surface area (Å²) >= 11 is 0. The first-order chi connectivity index (χ1) is 19.2. The van der Waals surface area contributed by atoms with Gasteiger partial charge < -0.3 is 14.7 Å². The molecule has 0 bridgehead atoms. The molecule has 1 atom stereocenters. The summed E-state index contributed by atoms with van der Waals surface area (Å²) in [6.45, 7) is 9.22. The minimum absolute atomic E-state index is 0.585. The Morgan fingerprint density at radius 3 is 2.15 bits per heavy atom. The van der Waals surface area contributed by atoms with E-state index in [0.29, 0.717) is 16.9 Å². The standard InChI is InChI=1S/C33H40N4O3/c1-23-29(30(32(38)39)40-33(2,3)4)31(36-19-12-7-5-6-8-13-20-36)37-28(34-23)22-27(35-37)26-18-14-17-25(21-26)24-15-10-9-11-16-24/h9-11,14-18,21-22,30H,5-8,12-13,19-20H2,1-4H3,(H,38,39). The molecule has 40 heavy (non-hydrogen) atoms.